The summed E-state index contributed by atoms with van der Waals surface area (Å²) in [5.41, 5.74) is 0. The van der Waals surface area contributed by atoms with E-state index in [4.69, 9.17) is 0 Å². The van der Waals surface area contributed by atoms with Crippen molar-refractivity contribution in [1.29, 1.82) is 0 Å². The first-order valence-electron chi connectivity index (χ1n) is 6.96. The fraction of sp³-hybridized carbons (Fsp3) is 0.857. The number of carbonyl (C=O) groups excluding carboxylic acids is 2. The Morgan fingerprint density at radius 3 is 2.22 bits per heavy atom. The molecule has 0 rings (SSSR count). The van der Waals surface area contributed by atoms with E-state index < -0.39 is 0 Å². The Morgan fingerprint density at radius 2 is 1.67 bits per heavy atom. The van der Waals surface area contributed by atoms with Crippen molar-refractivity contribution in [1.82, 2.24) is 10.6 Å². The van der Waals surface area contributed by atoms with Crippen LogP contribution in [0.2, 0.25) is 0 Å². The Balaban J connectivity index is 3.40. The van der Waals surface area contributed by atoms with Gasteiger partial charge in [0.25, 0.3) is 0 Å². The lowest BCUT2D eigenvalue weighted by atomic mass is 10.1. The van der Waals surface area contributed by atoms with Gasteiger partial charge in [-0.25, -0.2) is 0 Å². The van der Waals surface area contributed by atoms with Crippen LogP contribution in [0.4, 0.5) is 0 Å². The number of carbonyl (C=O) groups is 2. The number of nitrogens with one attached hydrogen (secondary N) is 2. The highest BCUT2D eigenvalue weighted by atomic mass is 16.2. The van der Waals surface area contributed by atoms with Gasteiger partial charge in [0.05, 0.1) is 6.54 Å². The monoisotopic (exact) mass is 256 g/mol. The van der Waals surface area contributed by atoms with Crippen molar-refractivity contribution < 1.29 is 9.59 Å². The quantitative estimate of drug-likeness (QED) is 0.587. The second kappa shape index (κ2) is 10.1. The van der Waals surface area contributed by atoms with Crippen molar-refractivity contribution >= 4 is 11.7 Å². The molecule has 0 aromatic carbocycles. The second-order valence-electron chi connectivity index (χ2n) is 5.32. The lowest BCUT2D eigenvalue weighted by Gasteiger charge is -2.08. The molecule has 4 heteroatoms. The van der Waals surface area contributed by atoms with Crippen molar-refractivity contribution in [2.24, 2.45) is 5.92 Å². The van der Waals surface area contributed by atoms with Crippen LogP contribution in [0.25, 0.3) is 0 Å². The van der Waals surface area contributed by atoms with E-state index in [1.54, 1.807) is 0 Å². The highest BCUT2D eigenvalue weighted by Crippen LogP contribution is 1.99. The van der Waals surface area contributed by atoms with Gasteiger partial charge in [0.1, 0.15) is 0 Å². The summed E-state index contributed by atoms with van der Waals surface area (Å²) in [5.74, 6) is 0.0673. The zero-order valence-electron chi connectivity index (χ0n) is 12.2. The number of amides is 1. The molecular formula is C14H28N2O2. The molecule has 1 amide bonds. The van der Waals surface area contributed by atoms with Crippen molar-refractivity contribution in [2.75, 3.05) is 13.1 Å². The Hall–Kier alpha value is -0.900. The summed E-state index contributed by atoms with van der Waals surface area (Å²) >= 11 is 0. The highest BCUT2D eigenvalue weighted by Gasteiger charge is 2.08. The predicted molar refractivity (Wildman–Crippen MR) is 74.5 cm³/mol. The molecule has 0 aromatic rings. The summed E-state index contributed by atoms with van der Waals surface area (Å²) in [6, 6.07) is 0.523. The maximum atomic E-state index is 11.4. The van der Waals surface area contributed by atoms with Crippen LogP contribution in [0.15, 0.2) is 0 Å². The SMILES string of the molecule is CC(C)NCCCCCC(=O)NCC(=O)C(C)C. The fourth-order valence-corrected chi connectivity index (χ4v) is 1.46. The summed E-state index contributed by atoms with van der Waals surface area (Å²) in [5, 5.41) is 6.01. The van der Waals surface area contributed by atoms with Gasteiger partial charge in [0.15, 0.2) is 5.78 Å². The van der Waals surface area contributed by atoms with Crippen LogP contribution in [0, 0.1) is 5.92 Å². The number of hydrogen-bond donors (Lipinski definition) is 2. The average molecular weight is 256 g/mol. The van der Waals surface area contributed by atoms with Crippen LogP contribution in [-0.2, 0) is 9.59 Å². The maximum Gasteiger partial charge on any atom is 0.220 e. The molecule has 0 radical (unpaired) electrons. The molecule has 0 bridgehead atoms. The number of hydrogen-bond acceptors (Lipinski definition) is 3. The molecule has 0 spiro atoms. The molecule has 0 aromatic heterocycles. The Kier molecular flexibility index (Phi) is 9.56. The standard InChI is InChI=1S/C14H28N2O2/c1-11(2)13(17)10-16-14(18)8-6-5-7-9-15-12(3)4/h11-12,15H,5-10H2,1-4H3,(H,16,18). The van der Waals surface area contributed by atoms with E-state index in [-0.39, 0.29) is 24.2 Å². The molecule has 0 aliphatic rings. The van der Waals surface area contributed by atoms with Gasteiger partial charge in [-0.2, -0.15) is 0 Å². The molecule has 0 heterocycles. The first-order chi connectivity index (χ1) is 8.43. The molecule has 0 aliphatic carbocycles. The van der Waals surface area contributed by atoms with Crippen LogP contribution in [0.5, 0.6) is 0 Å². The Bertz CT molecular complexity index is 250. The van der Waals surface area contributed by atoms with E-state index in [0.717, 1.165) is 25.8 Å². The number of unbranched alkanes of at least 4 members (excludes halogenated alkanes) is 2. The molecule has 0 saturated carbocycles. The van der Waals surface area contributed by atoms with E-state index in [0.29, 0.717) is 12.5 Å². The highest BCUT2D eigenvalue weighted by molar-refractivity contribution is 5.87. The van der Waals surface area contributed by atoms with Crippen LogP contribution in [0.3, 0.4) is 0 Å². The minimum Gasteiger partial charge on any atom is -0.349 e. The van der Waals surface area contributed by atoms with Crippen molar-refractivity contribution in [3.05, 3.63) is 0 Å². The van der Waals surface area contributed by atoms with Crippen LogP contribution in [0.1, 0.15) is 53.4 Å². The zero-order valence-corrected chi connectivity index (χ0v) is 12.2. The van der Waals surface area contributed by atoms with E-state index in [1.165, 1.54) is 0 Å². The first kappa shape index (κ1) is 17.1. The lowest BCUT2D eigenvalue weighted by Crippen LogP contribution is -2.31. The molecule has 0 saturated heterocycles. The fourth-order valence-electron chi connectivity index (χ4n) is 1.46. The van der Waals surface area contributed by atoms with E-state index in [2.05, 4.69) is 24.5 Å². The normalized spacial score (nSPS) is 11.0. The molecule has 106 valence electrons. The molecule has 18 heavy (non-hydrogen) atoms. The van der Waals surface area contributed by atoms with Gasteiger partial charge in [-0.3, -0.25) is 9.59 Å². The van der Waals surface area contributed by atoms with Crippen molar-refractivity contribution in [2.45, 2.75) is 59.4 Å². The largest absolute Gasteiger partial charge is 0.349 e. The van der Waals surface area contributed by atoms with Gasteiger partial charge in [-0.15, -0.1) is 0 Å². The maximum absolute atomic E-state index is 11.4. The molecule has 2 N–H and O–H groups in total. The van der Waals surface area contributed by atoms with Gasteiger partial charge >= 0.3 is 0 Å². The van der Waals surface area contributed by atoms with Gasteiger partial charge in [0.2, 0.25) is 5.91 Å². The Labute approximate surface area is 111 Å². The Morgan fingerprint density at radius 1 is 1.00 bits per heavy atom. The van der Waals surface area contributed by atoms with Gasteiger partial charge in [0, 0.05) is 18.4 Å². The minimum atomic E-state index is -0.0131. The van der Waals surface area contributed by atoms with Gasteiger partial charge in [-0.1, -0.05) is 34.1 Å². The summed E-state index contributed by atoms with van der Waals surface area (Å²) in [7, 11) is 0. The van der Waals surface area contributed by atoms with E-state index in [9.17, 15) is 9.59 Å². The number of rotatable bonds is 10. The molecule has 0 unspecified atom stereocenters. The summed E-state index contributed by atoms with van der Waals surface area (Å²) in [6.45, 7) is 9.11. The third-order valence-electron chi connectivity index (χ3n) is 2.74. The topological polar surface area (TPSA) is 58.2 Å². The average Bonchev–Trinajstić information content (AvgIpc) is 2.29. The molecule has 4 nitrogen and oxygen atoms in total. The smallest absolute Gasteiger partial charge is 0.220 e. The predicted octanol–water partition coefficient (Wildman–Crippen LogP) is 1.89. The second-order valence-corrected chi connectivity index (χ2v) is 5.32. The summed E-state index contributed by atoms with van der Waals surface area (Å²) < 4.78 is 0. The third kappa shape index (κ3) is 10.3. The molecular weight excluding hydrogens is 228 g/mol. The summed E-state index contributed by atoms with van der Waals surface area (Å²) in [6.07, 6.45) is 3.55. The van der Waals surface area contributed by atoms with E-state index in [1.807, 2.05) is 13.8 Å². The van der Waals surface area contributed by atoms with Crippen molar-refractivity contribution in [3.63, 3.8) is 0 Å². The number of ketones is 1. The van der Waals surface area contributed by atoms with Crippen LogP contribution in [-0.4, -0.2) is 30.8 Å². The number of Topliss-reactive ketones (excluding diaryl/α,β-unsaturated/α-hetero) is 1. The van der Waals surface area contributed by atoms with Crippen LogP contribution < -0.4 is 10.6 Å². The zero-order chi connectivity index (χ0) is 14.0. The van der Waals surface area contributed by atoms with E-state index >= 15 is 0 Å². The molecule has 0 aliphatic heterocycles. The van der Waals surface area contributed by atoms with Gasteiger partial charge in [-0.05, 0) is 19.4 Å². The molecule has 0 fully saturated rings. The lowest BCUT2D eigenvalue weighted by molar-refractivity contribution is -0.126. The third-order valence-corrected chi connectivity index (χ3v) is 2.74. The van der Waals surface area contributed by atoms with Crippen molar-refractivity contribution in [3.8, 4) is 0 Å². The summed E-state index contributed by atoms with van der Waals surface area (Å²) in [4.78, 5) is 22.7. The molecule has 0 atom stereocenters. The first-order valence-corrected chi connectivity index (χ1v) is 6.96. The minimum absolute atomic E-state index is 0.00703. The van der Waals surface area contributed by atoms with Gasteiger partial charge < -0.3 is 10.6 Å². The van der Waals surface area contributed by atoms with Crippen LogP contribution >= 0.6 is 0 Å².